The highest BCUT2D eigenvalue weighted by molar-refractivity contribution is 5.66. The minimum absolute atomic E-state index is 0.0963. The molecule has 2 unspecified atom stereocenters. The van der Waals surface area contributed by atoms with E-state index < -0.39 is 0 Å². The van der Waals surface area contributed by atoms with E-state index >= 15 is 0 Å². The molecule has 1 aliphatic carbocycles. The first-order valence-electron chi connectivity index (χ1n) is 5.40. The number of esters is 1. The average molecular weight is 196 g/mol. The van der Waals surface area contributed by atoms with Gasteiger partial charge < -0.3 is 4.74 Å². The number of carbonyl (C=O) groups excluding carboxylic acids is 1. The van der Waals surface area contributed by atoms with Crippen LogP contribution < -0.4 is 0 Å². The number of hydrogen-bond acceptors (Lipinski definition) is 2. The average Bonchev–Trinajstić information content (AvgIpc) is 1.99. The SMILES string of the molecule is CC(=O)OC1CC(C)=CCCC(C)C1. The van der Waals surface area contributed by atoms with E-state index in [9.17, 15) is 4.79 Å². The Balaban J connectivity index is 2.57. The predicted molar refractivity (Wildman–Crippen MR) is 56.9 cm³/mol. The Bertz CT molecular complexity index is 230. The minimum Gasteiger partial charge on any atom is -0.462 e. The van der Waals surface area contributed by atoms with Gasteiger partial charge in [0.2, 0.25) is 0 Å². The Morgan fingerprint density at radius 1 is 1.57 bits per heavy atom. The van der Waals surface area contributed by atoms with Crippen LogP contribution in [0, 0.1) is 5.92 Å². The maximum atomic E-state index is 10.9. The molecular weight excluding hydrogens is 176 g/mol. The number of carbonyl (C=O) groups is 1. The molecule has 2 atom stereocenters. The molecule has 0 spiro atoms. The second-order valence-corrected chi connectivity index (χ2v) is 4.40. The lowest BCUT2D eigenvalue weighted by Gasteiger charge is -2.23. The van der Waals surface area contributed by atoms with Gasteiger partial charge in [-0.1, -0.05) is 18.6 Å². The molecule has 0 N–H and O–H groups in total. The zero-order valence-corrected chi connectivity index (χ0v) is 9.38. The van der Waals surface area contributed by atoms with Crippen LogP contribution in [0.5, 0.6) is 0 Å². The fraction of sp³-hybridized carbons (Fsp3) is 0.750. The summed E-state index contributed by atoms with van der Waals surface area (Å²) >= 11 is 0. The molecule has 0 aromatic rings. The highest BCUT2D eigenvalue weighted by Gasteiger charge is 2.18. The van der Waals surface area contributed by atoms with Crippen molar-refractivity contribution in [2.24, 2.45) is 5.92 Å². The van der Waals surface area contributed by atoms with Gasteiger partial charge in [0.25, 0.3) is 0 Å². The van der Waals surface area contributed by atoms with Crippen LogP contribution in [0.15, 0.2) is 11.6 Å². The van der Waals surface area contributed by atoms with Crippen molar-refractivity contribution in [3.8, 4) is 0 Å². The summed E-state index contributed by atoms with van der Waals surface area (Å²) in [6.45, 7) is 5.83. The number of rotatable bonds is 1. The smallest absolute Gasteiger partial charge is 0.302 e. The lowest BCUT2D eigenvalue weighted by molar-refractivity contribution is -0.147. The van der Waals surface area contributed by atoms with Gasteiger partial charge in [-0.3, -0.25) is 4.79 Å². The summed E-state index contributed by atoms with van der Waals surface area (Å²) in [5.74, 6) is 0.499. The van der Waals surface area contributed by atoms with Crippen molar-refractivity contribution in [3.63, 3.8) is 0 Å². The molecule has 1 rings (SSSR count). The van der Waals surface area contributed by atoms with Crippen LogP contribution in [-0.2, 0) is 9.53 Å². The summed E-state index contributed by atoms with van der Waals surface area (Å²) in [6, 6.07) is 0. The summed E-state index contributed by atoms with van der Waals surface area (Å²) in [7, 11) is 0. The van der Waals surface area contributed by atoms with Gasteiger partial charge in [-0.25, -0.2) is 0 Å². The Morgan fingerprint density at radius 3 is 2.93 bits per heavy atom. The maximum Gasteiger partial charge on any atom is 0.302 e. The molecule has 0 aromatic carbocycles. The van der Waals surface area contributed by atoms with Crippen molar-refractivity contribution < 1.29 is 9.53 Å². The third kappa shape index (κ3) is 3.95. The van der Waals surface area contributed by atoms with Gasteiger partial charge in [0, 0.05) is 13.3 Å². The summed E-state index contributed by atoms with van der Waals surface area (Å²) in [5, 5.41) is 0. The van der Waals surface area contributed by atoms with E-state index in [4.69, 9.17) is 4.74 Å². The van der Waals surface area contributed by atoms with Crippen LogP contribution in [0.25, 0.3) is 0 Å². The van der Waals surface area contributed by atoms with Crippen molar-refractivity contribution in [3.05, 3.63) is 11.6 Å². The van der Waals surface area contributed by atoms with Crippen LogP contribution in [0.4, 0.5) is 0 Å². The quantitative estimate of drug-likeness (QED) is 0.476. The molecule has 0 radical (unpaired) electrons. The molecule has 2 nitrogen and oxygen atoms in total. The Morgan fingerprint density at radius 2 is 2.29 bits per heavy atom. The van der Waals surface area contributed by atoms with Crippen LogP contribution in [0.2, 0.25) is 0 Å². The molecule has 0 saturated heterocycles. The van der Waals surface area contributed by atoms with E-state index in [-0.39, 0.29) is 12.1 Å². The molecular formula is C12H20O2. The second kappa shape index (κ2) is 5.18. The third-order valence-corrected chi connectivity index (χ3v) is 2.70. The van der Waals surface area contributed by atoms with E-state index in [2.05, 4.69) is 19.9 Å². The highest BCUT2D eigenvalue weighted by atomic mass is 16.5. The molecule has 14 heavy (non-hydrogen) atoms. The fourth-order valence-electron chi connectivity index (χ4n) is 2.03. The van der Waals surface area contributed by atoms with Crippen molar-refractivity contribution in [1.82, 2.24) is 0 Å². The highest BCUT2D eigenvalue weighted by Crippen LogP contribution is 2.23. The predicted octanol–water partition coefficient (Wildman–Crippen LogP) is 3.07. The van der Waals surface area contributed by atoms with Crippen molar-refractivity contribution in [1.29, 1.82) is 0 Å². The Labute approximate surface area is 86.3 Å². The van der Waals surface area contributed by atoms with Gasteiger partial charge in [0.05, 0.1) is 0 Å². The third-order valence-electron chi connectivity index (χ3n) is 2.70. The standard InChI is InChI=1S/C12H20O2/c1-9-5-4-6-10(2)8-12(7-9)14-11(3)13/h5,10,12H,4,6-8H2,1-3H3. The van der Waals surface area contributed by atoms with Crippen molar-refractivity contribution in [2.45, 2.75) is 52.6 Å². The lowest BCUT2D eigenvalue weighted by Crippen LogP contribution is -2.20. The summed E-state index contributed by atoms with van der Waals surface area (Å²) < 4.78 is 5.29. The van der Waals surface area contributed by atoms with E-state index in [0.29, 0.717) is 5.92 Å². The summed E-state index contributed by atoms with van der Waals surface area (Å²) in [5.41, 5.74) is 1.35. The van der Waals surface area contributed by atoms with Gasteiger partial charge in [0.1, 0.15) is 6.10 Å². The van der Waals surface area contributed by atoms with Crippen LogP contribution >= 0.6 is 0 Å². The molecule has 0 bridgehead atoms. The molecule has 0 fully saturated rings. The first kappa shape index (κ1) is 11.3. The van der Waals surface area contributed by atoms with Crippen molar-refractivity contribution >= 4 is 5.97 Å². The van der Waals surface area contributed by atoms with E-state index in [1.807, 2.05) is 0 Å². The topological polar surface area (TPSA) is 26.3 Å². The van der Waals surface area contributed by atoms with E-state index in [1.54, 1.807) is 0 Å². The Hall–Kier alpha value is -0.790. The molecule has 0 aliphatic heterocycles. The van der Waals surface area contributed by atoms with E-state index in [1.165, 1.54) is 25.3 Å². The first-order valence-corrected chi connectivity index (χ1v) is 5.40. The molecule has 1 aliphatic rings. The number of ether oxygens (including phenoxy) is 1. The van der Waals surface area contributed by atoms with Crippen molar-refractivity contribution in [2.75, 3.05) is 0 Å². The lowest BCUT2D eigenvalue weighted by atomic mass is 9.91. The van der Waals surface area contributed by atoms with Gasteiger partial charge in [-0.05, 0) is 32.1 Å². The molecule has 2 heteroatoms. The first-order chi connectivity index (χ1) is 6.58. The Kier molecular flexibility index (Phi) is 4.18. The number of allylic oxidation sites excluding steroid dienone is 1. The van der Waals surface area contributed by atoms with Gasteiger partial charge >= 0.3 is 5.97 Å². The van der Waals surface area contributed by atoms with Crippen LogP contribution in [0.1, 0.15) is 46.5 Å². The second-order valence-electron chi connectivity index (χ2n) is 4.40. The fourth-order valence-corrected chi connectivity index (χ4v) is 2.03. The minimum atomic E-state index is -0.157. The zero-order valence-electron chi connectivity index (χ0n) is 9.38. The monoisotopic (exact) mass is 196 g/mol. The zero-order chi connectivity index (χ0) is 10.6. The van der Waals surface area contributed by atoms with Gasteiger partial charge in [-0.15, -0.1) is 0 Å². The van der Waals surface area contributed by atoms with Gasteiger partial charge in [-0.2, -0.15) is 0 Å². The number of hydrogen-bond donors (Lipinski definition) is 0. The maximum absolute atomic E-state index is 10.9. The van der Waals surface area contributed by atoms with E-state index in [0.717, 1.165) is 12.8 Å². The normalized spacial score (nSPS) is 28.6. The molecule has 0 heterocycles. The molecule has 0 aromatic heterocycles. The largest absolute Gasteiger partial charge is 0.462 e. The van der Waals surface area contributed by atoms with Crippen LogP contribution in [0.3, 0.4) is 0 Å². The summed E-state index contributed by atoms with van der Waals surface area (Å²) in [4.78, 5) is 10.9. The molecule has 0 saturated carbocycles. The summed E-state index contributed by atoms with van der Waals surface area (Å²) in [6.07, 6.45) is 6.65. The molecule has 80 valence electrons. The van der Waals surface area contributed by atoms with Gasteiger partial charge in [0.15, 0.2) is 0 Å². The van der Waals surface area contributed by atoms with Crippen LogP contribution in [-0.4, -0.2) is 12.1 Å². The molecule has 0 amide bonds.